The van der Waals surface area contributed by atoms with E-state index in [1.807, 2.05) is 36.1 Å². The first kappa shape index (κ1) is 9.99. The summed E-state index contributed by atoms with van der Waals surface area (Å²) in [7, 11) is 2.00. The summed E-state index contributed by atoms with van der Waals surface area (Å²) in [6.45, 7) is 1.02. The molecule has 1 aliphatic rings. The third kappa shape index (κ3) is 3.90. The second-order valence-electron chi connectivity index (χ2n) is 3.19. The zero-order valence-corrected chi connectivity index (χ0v) is 7.94. The average molecular weight is 180 g/mol. The summed E-state index contributed by atoms with van der Waals surface area (Å²) < 4.78 is 2.00. The molecule has 0 aromatic carbocycles. The molecule has 1 atom stereocenters. The van der Waals surface area contributed by atoms with Crippen LogP contribution in [-0.2, 0) is 11.8 Å². The van der Waals surface area contributed by atoms with E-state index in [4.69, 9.17) is 0 Å². The van der Waals surface area contributed by atoms with Gasteiger partial charge in [-0.05, 0) is 31.5 Å². The number of aldehydes is 1. The number of aromatic nitrogens is 1. The van der Waals surface area contributed by atoms with Gasteiger partial charge in [0.1, 0.15) is 6.29 Å². The van der Waals surface area contributed by atoms with Gasteiger partial charge in [0.2, 0.25) is 0 Å². The summed E-state index contributed by atoms with van der Waals surface area (Å²) in [4.78, 5) is 9.94. The van der Waals surface area contributed by atoms with E-state index in [-0.39, 0.29) is 6.04 Å². The van der Waals surface area contributed by atoms with Gasteiger partial charge in [-0.2, -0.15) is 0 Å². The molecule has 1 aromatic rings. The Labute approximate surface area is 78.8 Å². The summed E-state index contributed by atoms with van der Waals surface area (Å²) in [6.07, 6.45) is 7.17. The van der Waals surface area contributed by atoms with E-state index >= 15 is 0 Å². The van der Waals surface area contributed by atoms with Gasteiger partial charge in [-0.1, -0.05) is 0 Å². The third-order valence-corrected chi connectivity index (χ3v) is 2.02. The first-order chi connectivity index (χ1) is 6.33. The van der Waals surface area contributed by atoms with Gasteiger partial charge in [-0.15, -0.1) is 0 Å². The fourth-order valence-electron chi connectivity index (χ4n) is 1.25. The van der Waals surface area contributed by atoms with E-state index in [2.05, 4.69) is 5.32 Å². The number of carbonyl (C=O) groups is 1. The van der Waals surface area contributed by atoms with Gasteiger partial charge < -0.3 is 14.7 Å². The van der Waals surface area contributed by atoms with Gasteiger partial charge in [-0.3, -0.25) is 0 Å². The average Bonchev–Trinajstić information content (AvgIpc) is 2.76. The van der Waals surface area contributed by atoms with Crippen molar-refractivity contribution in [2.24, 2.45) is 7.05 Å². The van der Waals surface area contributed by atoms with Gasteiger partial charge in [0.05, 0.1) is 6.04 Å². The Balaban J connectivity index is 0.000000132. The van der Waals surface area contributed by atoms with Crippen LogP contribution in [0.25, 0.3) is 0 Å². The summed E-state index contributed by atoms with van der Waals surface area (Å²) >= 11 is 0. The van der Waals surface area contributed by atoms with Crippen molar-refractivity contribution < 1.29 is 4.79 Å². The second-order valence-corrected chi connectivity index (χ2v) is 3.19. The van der Waals surface area contributed by atoms with Gasteiger partial charge in [-0.25, -0.2) is 0 Å². The summed E-state index contributed by atoms with van der Waals surface area (Å²) in [6, 6.07) is 4.17. The molecule has 0 saturated carbocycles. The molecule has 13 heavy (non-hydrogen) atoms. The SMILES string of the molecule is Cn1cccc1.O=CC1CCCN1. The molecule has 3 nitrogen and oxygen atoms in total. The molecule has 1 aromatic heterocycles. The first-order valence-electron chi connectivity index (χ1n) is 4.58. The van der Waals surface area contributed by atoms with Crippen molar-refractivity contribution in [2.75, 3.05) is 6.54 Å². The fraction of sp³-hybridized carbons (Fsp3) is 0.500. The summed E-state index contributed by atoms with van der Waals surface area (Å²) in [5.74, 6) is 0. The molecule has 0 bridgehead atoms. The van der Waals surface area contributed by atoms with Crippen molar-refractivity contribution in [3.05, 3.63) is 24.5 Å². The van der Waals surface area contributed by atoms with Crippen LogP contribution in [0, 0.1) is 0 Å². The zero-order chi connectivity index (χ0) is 9.52. The minimum absolute atomic E-state index is 0.167. The monoisotopic (exact) mass is 180 g/mol. The van der Waals surface area contributed by atoms with Gasteiger partial charge in [0, 0.05) is 19.4 Å². The number of rotatable bonds is 1. The van der Waals surface area contributed by atoms with Crippen molar-refractivity contribution in [2.45, 2.75) is 18.9 Å². The second kappa shape index (κ2) is 5.54. The number of carbonyl (C=O) groups excluding carboxylic acids is 1. The van der Waals surface area contributed by atoms with Gasteiger partial charge >= 0.3 is 0 Å². The predicted octanol–water partition coefficient (Wildman–Crippen LogP) is 0.962. The van der Waals surface area contributed by atoms with Crippen LogP contribution in [0.4, 0.5) is 0 Å². The molecule has 0 radical (unpaired) electrons. The Morgan fingerprint density at radius 3 is 2.38 bits per heavy atom. The maximum atomic E-state index is 9.94. The van der Waals surface area contributed by atoms with Crippen LogP contribution in [0.5, 0.6) is 0 Å². The molecule has 0 spiro atoms. The van der Waals surface area contributed by atoms with Gasteiger partial charge in [0.15, 0.2) is 0 Å². The molecule has 1 fully saturated rings. The largest absolute Gasteiger partial charge is 0.357 e. The summed E-state index contributed by atoms with van der Waals surface area (Å²) in [5, 5.41) is 3.04. The van der Waals surface area contributed by atoms with Crippen LogP contribution >= 0.6 is 0 Å². The van der Waals surface area contributed by atoms with Crippen molar-refractivity contribution in [3.63, 3.8) is 0 Å². The Bertz CT molecular complexity index is 225. The minimum atomic E-state index is 0.167. The van der Waals surface area contributed by atoms with Crippen molar-refractivity contribution in [1.82, 2.24) is 9.88 Å². The number of aryl methyl sites for hydroxylation is 1. The smallest absolute Gasteiger partial charge is 0.136 e. The van der Waals surface area contributed by atoms with E-state index in [0.717, 1.165) is 25.7 Å². The third-order valence-electron chi connectivity index (χ3n) is 2.02. The molecule has 1 unspecified atom stereocenters. The van der Waals surface area contributed by atoms with E-state index in [0.29, 0.717) is 0 Å². The highest BCUT2D eigenvalue weighted by Gasteiger charge is 2.10. The van der Waals surface area contributed by atoms with E-state index in [1.165, 1.54) is 0 Å². The maximum Gasteiger partial charge on any atom is 0.136 e. The molecular weight excluding hydrogens is 164 g/mol. The van der Waals surface area contributed by atoms with Crippen molar-refractivity contribution >= 4 is 6.29 Å². The molecule has 2 heterocycles. The highest BCUT2D eigenvalue weighted by Crippen LogP contribution is 2.00. The van der Waals surface area contributed by atoms with Crippen LogP contribution in [0.15, 0.2) is 24.5 Å². The number of hydrogen-bond acceptors (Lipinski definition) is 2. The van der Waals surface area contributed by atoms with Crippen LogP contribution < -0.4 is 5.32 Å². The fourth-order valence-corrected chi connectivity index (χ4v) is 1.25. The lowest BCUT2D eigenvalue weighted by molar-refractivity contribution is -0.109. The Morgan fingerprint density at radius 1 is 1.46 bits per heavy atom. The molecule has 1 saturated heterocycles. The topological polar surface area (TPSA) is 34.0 Å². The molecule has 0 amide bonds. The van der Waals surface area contributed by atoms with Crippen LogP contribution in [0.2, 0.25) is 0 Å². The minimum Gasteiger partial charge on any atom is -0.357 e. The first-order valence-corrected chi connectivity index (χ1v) is 4.58. The van der Waals surface area contributed by atoms with Crippen LogP contribution in [0.1, 0.15) is 12.8 Å². The highest BCUT2D eigenvalue weighted by molar-refractivity contribution is 5.57. The lowest BCUT2D eigenvalue weighted by Gasteiger charge is -1.93. The van der Waals surface area contributed by atoms with Crippen LogP contribution in [0.3, 0.4) is 0 Å². The molecular formula is C10H16N2O. The highest BCUT2D eigenvalue weighted by atomic mass is 16.1. The predicted molar refractivity (Wildman–Crippen MR) is 52.5 cm³/mol. The van der Waals surface area contributed by atoms with Crippen LogP contribution in [-0.4, -0.2) is 23.4 Å². The normalized spacial score (nSPS) is 20.5. The standard InChI is InChI=1S/C5H9NO.C5H7N/c7-4-5-2-1-3-6-5;1-6-4-2-3-5-6/h4-6H,1-3H2;2-5H,1H3. The number of nitrogens with one attached hydrogen (secondary N) is 1. The van der Waals surface area contributed by atoms with E-state index in [9.17, 15) is 4.79 Å². The lowest BCUT2D eigenvalue weighted by atomic mass is 10.2. The Hall–Kier alpha value is -1.09. The summed E-state index contributed by atoms with van der Waals surface area (Å²) in [5.41, 5.74) is 0. The molecule has 72 valence electrons. The van der Waals surface area contributed by atoms with Gasteiger partial charge in [0.25, 0.3) is 0 Å². The molecule has 0 aliphatic carbocycles. The number of nitrogens with zero attached hydrogens (tertiary/aromatic N) is 1. The quantitative estimate of drug-likeness (QED) is 0.653. The Morgan fingerprint density at radius 2 is 2.15 bits per heavy atom. The molecule has 2 rings (SSSR count). The van der Waals surface area contributed by atoms with E-state index in [1.54, 1.807) is 0 Å². The lowest BCUT2D eigenvalue weighted by Crippen LogP contribution is -2.21. The van der Waals surface area contributed by atoms with Crippen molar-refractivity contribution in [1.29, 1.82) is 0 Å². The maximum absolute atomic E-state index is 9.94. The van der Waals surface area contributed by atoms with Crippen molar-refractivity contribution in [3.8, 4) is 0 Å². The number of hydrogen-bond donors (Lipinski definition) is 1. The molecule has 1 N–H and O–H groups in total. The molecule has 1 aliphatic heterocycles. The zero-order valence-electron chi connectivity index (χ0n) is 7.94. The van der Waals surface area contributed by atoms with E-state index < -0.39 is 0 Å². The Kier molecular flexibility index (Phi) is 4.26. The molecule has 3 heteroatoms.